The molecule has 3 amide bonds. The zero-order chi connectivity index (χ0) is 24.9. The van der Waals surface area contributed by atoms with Crippen molar-refractivity contribution >= 4 is 39.3 Å². The SMILES string of the molecule is COc1ccc(C(=O)N(CCC2=CCCCC2)C2CC(=O)N(c3ccc(Br)cc3)C2=O)cc1OC. The van der Waals surface area contributed by atoms with E-state index in [1.807, 2.05) is 0 Å². The van der Waals surface area contributed by atoms with Crippen LogP contribution in [0.3, 0.4) is 0 Å². The van der Waals surface area contributed by atoms with E-state index in [0.717, 1.165) is 23.7 Å². The van der Waals surface area contributed by atoms with Crippen LogP contribution in [0.25, 0.3) is 0 Å². The van der Waals surface area contributed by atoms with Gasteiger partial charge in [-0.3, -0.25) is 14.4 Å². The topological polar surface area (TPSA) is 76.2 Å². The first-order chi connectivity index (χ1) is 16.9. The highest BCUT2D eigenvalue weighted by atomic mass is 79.9. The molecule has 1 aliphatic heterocycles. The molecule has 0 aromatic heterocycles. The van der Waals surface area contributed by atoms with Crippen LogP contribution >= 0.6 is 15.9 Å². The molecule has 184 valence electrons. The number of carbonyl (C=O) groups excluding carboxylic acids is 3. The van der Waals surface area contributed by atoms with Crippen molar-refractivity contribution in [3.8, 4) is 11.5 Å². The van der Waals surface area contributed by atoms with E-state index in [0.29, 0.717) is 35.7 Å². The molecule has 0 saturated carbocycles. The lowest BCUT2D eigenvalue weighted by atomic mass is 9.96. The van der Waals surface area contributed by atoms with E-state index in [4.69, 9.17) is 9.47 Å². The van der Waals surface area contributed by atoms with Gasteiger partial charge in [0.05, 0.1) is 26.3 Å². The number of benzene rings is 2. The van der Waals surface area contributed by atoms with E-state index in [-0.39, 0.29) is 24.1 Å². The van der Waals surface area contributed by atoms with Crippen LogP contribution in [-0.2, 0) is 9.59 Å². The van der Waals surface area contributed by atoms with Crippen LogP contribution in [0.1, 0.15) is 48.9 Å². The monoisotopic (exact) mass is 540 g/mol. The lowest BCUT2D eigenvalue weighted by molar-refractivity contribution is -0.122. The quantitative estimate of drug-likeness (QED) is 0.342. The highest BCUT2D eigenvalue weighted by Crippen LogP contribution is 2.31. The van der Waals surface area contributed by atoms with Gasteiger partial charge in [-0.1, -0.05) is 27.6 Å². The summed E-state index contributed by atoms with van der Waals surface area (Å²) in [5.41, 5.74) is 2.17. The van der Waals surface area contributed by atoms with Gasteiger partial charge in [-0.05, 0) is 74.6 Å². The number of hydrogen-bond donors (Lipinski definition) is 0. The van der Waals surface area contributed by atoms with Crippen LogP contribution in [0.15, 0.2) is 58.6 Å². The van der Waals surface area contributed by atoms with Crippen molar-refractivity contribution in [1.82, 2.24) is 4.90 Å². The lowest BCUT2D eigenvalue weighted by Crippen LogP contribution is -2.46. The van der Waals surface area contributed by atoms with Crippen LogP contribution < -0.4 is 14.4 Å². The number of nitrogens with zero attached hydrogens (tertiary/aromatic N) is 2. The highest BCUT2D eigenvalue weighted by molar-refractivity contribution is 9.10. The molecule has 1 unspecified atom stereocenters. The van der Waals surface area contributed by atoms with E-state index in [1.54, 1.807) is 47.4 Å². The third kappa shape index (κ3) is 5.42. The number of carbonyl (C=O) groups is 3. The normalized spacial score (nSPS) is 17.9. The molecule has 1 atom stereocenters. The van der Waals surface area contributed by atoms with Gasteiger partial charge in [0.1, 0.15) is 6.04 Å². The zero-order valence-electron chi connectivity index (χ0n) is 20.0. The molecule has 1 saturated heterocycles. The molecule has 0 spiro atoms. The number of halogens is 1. The summed E-state index contributed by atoms with van der Waals surface area (Å²) in [4.78, 5) is 42.9. The van der Waals surface area contributed by atoms with E-state index < -0.39 is 6.04 Å². The van der Waals surface area contributed by atoms with Gasteiger partial charge in [0.15, 0.2) is 11.5 Å². The highest BCUT2D eigenvalue weighted by Gasteiger charge is 2.44. The van der Waals surface area contributed by atoms with Gasteiger partial charge in [0.2, 0.25) is 5.91 Å². The number of anilines is 1. The molecule has 1 fully saturated rings. The van der Waals surface area contributed by atoms with E-state index in [9.17, 15) is 14.4 Å². The minimum absolute atomic E-state index is 0.0486. The average Bonchev–Trinajstić information content (AvgIpc) is 3.18. The van der Waals surface area contributed by atoms with Crippen molar-refractivity contribution in [2.75, 3.05) is 25.7 Å². The maximum atomic E-state index is 13.7. The van der Waals surface area contributed by atoms with Crippen LogP contribution in [0.5, 0.6) is 11.5 Å². The number of methoxy groups -OCH3 is 2. The molecule has 2 aromatic carbocycles. The molecule has 1 aliphatic carbocycles. The molecule has 0 N–H and O–H groups in total. The van der Waals surface area contributed by atoms with E-state index in [1.165, 1.54) is 31.1 Å². The predicted octanol–water partition coefficient (Wildman–Crippen LogP) is 5.13. The van der Waals surface area contributed by atoms with Crippen LogP contribution in [0, 0.1) is 0 Å². The predicted molar refractivity (Wildman–Crippen MR) is 137 cm³/mol. The Morgan fingerprint density at radius 2 is 1.80 bits per heavy atom. The number of ether oxygens (including phenoxy) is 2. The molecular formula is C27H29BrN2O5. The summed E-state index contributed by atoms with van der Waals surface area (Å²) >= 11 is 3.38. The first kappa shape index (κ1) is 25.0. The van der Waals surface area contributed by atoms with Gasteiger partial charge < -0.3 is 14.4 Å². The molecule has 2 aromatic rings. The molecule has 35 heavy (non-hydrogen) atoms. The van der Waals surface area contributed by atoms with E-state index >= 15 is 0 Å². The Morgan fingerprint density at radius 3 is 2.46 bits per heavy atom. The van der Waals surface area contributed by atoms with Crippen molar-refractivity contribution < 1.29 is 23.9 Å². The maximum absolute atomic E-state index is 13.7. The van der Waals surface area contributed by atoms with Crippen LogP contribution in [0.2, 0.25) is 0 Å². The second-order valence-corrected chi connectivity index (χ2v) is 9.61. The Kier molecular flexibility index (Phi) is 7.90. The van der Waals surface area contributed by atoms with Crippen molar-refractivity contribution in [2.24, 2.45) is 0 Å². The molecule has 0 radical (unpaired) electrons. The summed E-state index contributed by atoms with van der Waals surface area (Å²) in [7, 11) is 3.04. The molecule has 0 bridgehead atoms. The van der Waals surface area contributed by atoms with Crippen molar-refractivity contribution in [2.45, 2.75) is 44.6 Å². The largest absolute Gasteiger partial charge is 0.493 e. The Labute approximate surface area is 213 Å². The van der Waals surface area contributed by atoms with Gasteiger partial charge in [-0.25, -0.2) is 4.90 Å². The second kappa shape index (κ2) is 11.1. The lowest BCUT2D eigenvalue weighted by Gasteiger charge is -2.29. The van der Waals surface area contributed by atoms with Gasteiger partial charge >= 0.3 is 0 Å². The summed E-state index contributed by atoms with van der Waals surface area (Å²) in [6.45, 7) is 0.358. The van der Waals surface area contributed by atoms with Crippen LogP contribution in [0.4, 0.5) is 5.69 Å². The average molecular weight is 541 g/mol. The zero-order valence-corrected chi connectivity index (χ0v) is 21.5. The number of allylic oxidation sites excluding steroid dienone is 1. The molecular weight excluding hydrogens is 512 g/mol. The third-order valence-corrected chi connectivity index (χ3v) is 7.06. The minimum Gasteiger partial charge on any atom is -0.493 e. The fourth-order valence-corrected chi connectivity index (χ4v) is 4.91. The maximum Gasteiger partial charge on any atom is 0.257 e. The summed E-state index contributed by atoms with van der Waals surface area (Å²) in [6.07, 6.45) is 7.21. The summed E-state index contributed by atoms with van der Waals surface area (Å²) < 4.78 is 11.5. The standard InChI is InChI=1S/C27H29BrN2O5/c1-34-23-13-8-19(16-24(23)35-2)26(32)29(15-14-18-6-4-3-5-7-18)22-17-25(31)30(27(22)33)21-11-9-20(28)10-12-21/h6,8-13,16,22H,3-5,7,14-15,17H2,1-2H3. The summed E-state index contributed by atoms with van der Waals surface area (Å²) in [6, 6.07) is 11.1. The molecule has 2 aliphatic rings. The van der Waals surface area contributed by atoms with Crippen LogP contribution in [-0.4, -0.2) is 49.4 Å². The van der Waals surface area contributed by atoms with Gasteiger partial charge in [-0.2, -0.15) is 0 Å². The first-order valence-corrected chi connectivity index (χ1v) is 12.6. The molecule has 8 heteroatoms. The fraction of sp³-hybridized carbons (Fsp3) is 0.370. The smallest absolute Gasteiger partial charge is 0.257 e. The molecule has 1 heterocycles. The number of hydrogen-bond acceptors (Lipinski definition) is 5. The Morgan fingerprint density at radius 1 is 1.06 bits per heavy atom. The van der Waals surface area contributed by atoms with Crippen molar-refractivity contribution in [3.63, 3.8) is 0 Å². The summed E-state index contributed by atoms with van der Waals surface area (Å²) in [5, 5.41) is 0. The Balaban J connectivity index is 1.64. The van der Waals surface area contributed by atoms with Gasteiger partial charge in [0, 0.05) is 16.6 Å². The second-order valence-electron chi connectivity index (χ2n) is 8.69. The minimum atomic E-state index is -0.865. The number of rotatable bonds is 8. The number of imide groups is 1. The van der Waals surface area contributed by atoms with Gasteiger partial charge in [0.25, 0.3) is 11.8 Å². The summed E-state index contributed by atoms with van der Waals surface area (Å²) in [5.74, 6) is -0.0747. The van der Waals surface area contributed by atoms with E-state index in [2.05, 4.69) is 22.0 Å². The Hall–Kier alpha value is -3.13. The van der Waals surface area contributed by atoms with Crippen molar-refractivity contribution in [1.29, 1.82) is 0 Å². The Bertz CT molecular complexity index is 1140. The molecule has 4 rings (SSSR count). The van der Waals surface area contributed by atoms with Gasteiger partial charge in [-0.15, -0.1) is 0 Å². The third-order valence-electron chi connectivity index (χ3n) is 6.53. The fourth-order valence-electron chi connectivity index (χ4n) is 4.65. The molecule has 7 nitrogen and oxygen atoms in total. The number of amides is 3. The first-order valence-electron chi connectivity index (χ1n) is 11.8. The van der Waals surface area contributed by atoms with Crippen molar-refractivity contribution in [3.05, 3.63) is 64.1 Å².